The number of nitrogens with zero attached hydrogens (tertiary/aromatic N) is 1. The molecule has 0 fully saturated rings. The van der Waals surface area contributed by atoms with Gasteiger partial charge in [0.2, 0.25) is 0 Å². The van der Waals surface area contributed by atoms with Gasteiger partial charge >= 0.3 is 0 Å². The van der Waals surface area contributed by atoms with Crippen LogP contribution in [0.1, 0.15) is 41.5 Å². The van der Waals surface area contributed by atoms with Crippen molar-refractivity contribution in [2.45, 2.75) is 41.5 Å². The van der Waals surface area contributed by atoms with E-state index in [0.29, 0.717) is 11.8 Å². The van der Waals surface area contributed by atoms with E-state index in [-0.39, 0.29) is 0 Å². The Kier molecular flexibility index (Phi) is 7.10. The van der Waals surface area contributed by atoms with Crippen LogP contribution >= 0.6 is 0 Å². The molecule has 0 aromatic heterocycles. The lowest BCUT2D eigenvalue weighted by atomic mass is 10.2. The van der Waals surface area contributed by atoms with Crippen LogP contribution in [0.2, 0.25) is 0 Å². The van der Waals surface area contributed by atoms with E-state index in [1.54, 1.807) is 0 Å². The summed E-state index contributed by atoms with van der Waals surface area (Å²) in [5, 5.41) is 3.38. The van der Waals surface area contributed by atoms with E-state index in [9.17, 15) is 0 Å². The maximum atomic E-state index is 4.49. The third-order valence-electron chi connectivity index (χ3n) is 1.92. The first-order valence-corrected chi connectivity index (χ1v) is 5.85. The molecule has 1 N–H and O–H groups in total. The summed E-state index contributed by atoms with van der Waals surface area (Å²) in [7, 11) is 0. The van der Waals surface area contributed by atoms with Gasteiger partial charge in [-0.15, -0.1) is 0 Å². The van der Waals surface area contributed by atoms with Gasteiger partial charge in [0.15, 0.2) is 0 Å². The minimum Gasteiger partial charge on any atom is -0.388 e. The van der Waals surface area contributed by atoms with Crippen LogP contribution in [0.4, 0.5) is 0 Å². The molecule has 0 aliphatic carbocycles. The Labute approximate surface area is 94.9 Å². The monoisotopic (exact) mass is 210 g/mol. The van der Waals surface area contributed by atoms with Gasteiger partial charge in [0.1, 0.15) is 0 Å². The molecule has 0 atom stereocenters. The second kappa shape index (κ2) is 7.49. The molecule has 0 bridgehead atoms. The molecule has 2 heteroatoms. The van der Waals surface area contributed by atoms with Gasteiger partial charge in [0.05, 0.1) is 0 Å². The number of hydrogen-bond donors (Lipinski definition) is 1. The SMILES string of the molecule is CC(/C=C(\C)NCC(C)C)=NCC(C)C. The Morgan fingerprint density at radius 2 is 1.73 bits per heavy atom. The second-order valence-corrected chi connectivity index (χ2v) is 4.98. The van der Waals surface area contributed by atoms with Crippen molar-refractivity contribution in [3.8, 4) is 0 Å². The Hall–Kier alpha value is -0.790. The van der Waals surface area contributed by atoms with E-state index >= 15 is 0 Å². The summed E-state index contributed by atoms with van der Waals surface area (Å²) in [4.78, 5) is 4.49. The molecule has 0 aromatic rings. The molecule has 0 aromatic carbocycles. The molecule has 0 saturated heterocycles. The molecular formula is C13H26N2. The first kappa shape index (κ1) is 14.2. The molecule has 0 radical (unpaired) electrons. The van der Waals surface area contributed by atoms with Crippen molar-refractivity contribution < 1.29 is 0 Å². The quantitative estimate of drug-likeness (QED) is 0.669. The van der Waals surface area contributed by atoms with Gasteiger partial charge in [-0.3, -0.25) is 4.99 Å². The van der Waals surface area contributed by atoms with Gasteiger partial charge in [0.25, 0.3) is 0 Å². The van der Waals surface area contributed by atoms with Gasteiger partial charge in [-0.25, -0.2) is 0 Å². The standard InChI is InChI=1S/C13H26N2/c1-10(2)8-14-12(5)7-13(6)15-9-11(3)4/h7,10-11,14H,8-9H2,1-6H3/b12-7+,15-13?. The number of hydrogen-bond acceptors (Lipinski definition) is 2. The minimum absolute atomic E-state index is 0.636. The van der Waals surface area contributed by atoms with E-state index in [0.717, 1.165) is 18.8 Å². The van der Waals surface area contributed by atoms with Crippen LogP contribution in [-0.2, 0) is 0 Å². The van der Waals surface area contributed by atoms with Crippen molar-refractivity contribution in [1.82, 2.24) is 5.32 Å². The smallest absolute Gasteiger partial charge is 0.0415 e. The van der Waals surface area contributed by atoms with Crippen LogP contribution in [0.3, 0.4) is 0 Å². The predicted molar refractivity (Wildman–Crippen MR) is 69.4 cm³/mol. The second-order valence-electron chi connectivity index (χ2n) is 4.98. The molecule has 2 nitrogen and oxygen atoms in total. The molecule has 0 unspecified atom stereocenters. The molecule has 88 valence electrons. The maximum Gasteiger partial charge on any atom is 0.0415 e. The van der Waals surface area contributed by atoms with Gasteiger partial charge in [-0.2, -0.15) is 0 Å². The molecule has 0 amide bonds. The van der Waals surface area contributed by atoms with E-state index in [1.165, 1.54) is 5.70 Å². The molecule has 0 heterocycles. The highest BCUT2D eigenvalue weighted by Crippen LogP contribution is 1.96. The number of rotatable bonds is 6. The Bertz CT molecular complexity index is 225. The van der Waals surface area contributed by atoms with Crippen LogP contribution in [-0.4, -0.2) is 18.8 Å². The Morgan fingerprint density at radius 1 is 1.13 bits per heavy atom. The Morgan fingerprint density at radius 3 is 2.20 bits per heavy atom. The maximum absolute atomic E-state index is 4.49. The highest BCUT2D eigenvalue weighted by atomic mass is 14.9. The Balaban J connectivity index is 4.04. The number of aliphatic imine (C=N–C) groups is 1. The summed E-state index contributed by atoms with van der Waals surface area (Å²) < 4.78 is 0. The van der Waals surface area contributed by atoms with Crippen LogP contribution in [0, 0.1) is 11.8 Å². The molecule has 0 rings (SSSR count). The summed E-state index contributed by atoms with van der Waals surface area (Å²) in [6.07, 6.45) is 2.12. The van der Waals surface area contributed by atoms with E-state index in [2.05, 4.69) is 57.9 Å². The average Bonchev–Trinajstić information content (AvgIpc) is 2.11. The zero-order valence-corrected chi connectivity index (χ0v) is 11.1. The van der Waals surface area contributed by atoms with Gasteiger partial charge in [-0.1, -0.05) is 27.7 Å². The number of nitrogens with one attached hydrogen (secondary N) is 1. The third kappa shape index (κ3) is 9.51. The summed E-state index contributed by atoms with van der Waals surface area (Å²) in [5.74, 6) is 1.32. The molecular weight excluding hydrogens is 184 g/mol. The summed E-state index contributed by atoms with van der Waals surface area (Å²) >= 11 is 0. The molecule has 15 heavy (non-hydrogen) atoms. The van der Waals surface area contributed by atoms with Crippen LogP contribution < -0.4 is 5.32 Å². The zero-order chi connectivity index (χ0) is 11.8. The largest absolute Gasteiger partial charge is 0.388 e. The van der Waals surface area contributed by atoms with Crippen molar-refractivity contribution in [3.05, 3.63) is 11.8 Å². The number of allylic oxidation sites excluding steroid dienone is 2. The van der Waals surface area contributed by atoms with Crippen molar-refractivity contribution in [2.75, 3.05) is 13.1 Å². The van der Waals surface area contributed by atoms with E-state index < -0.39 is 0 Å². The fraction of sp³-hybridized carbons (Fsp3) is 0.769. The van der Waals surface area contributed by atoms with Gasteiger partial charge in [0, 0.05) is 24.5 Å². The van der Waals surface area contributed by atoms with Crippen molar-refractivity contribution in [1.29, 1.82) is 0 Å². The molecule has 0 aliphatic rings. The highest BCUT2D eigenvalue weighted by Gasteiger charge is 1.95. The lowest BCUT2D eigenvalue weighted by molar-refractivity contribution is 0.596. The molecule has 0 aliphatic heterocycles. The van der Waals surface area contributed by atoms with Crippen molar-refractivity contribution in [2.24, 2.45) is 16.8 Å². The minimum atomic E-state index is 0.636. The lowest BCUT2D eigenvalue weighted by Gasteiger charge is -2.09. The first-order valence-electron chi connectivity index (χ1n) is 5.85. The summed E-state index contributed by atoms with van der Waals surface area (Å²) in [5.41, 5.74) is 2.31. The van der Waals surface area contributed by atoms with E-state index in [4.69, 9.17) is 0 Å². The zero-order valence-electron chi connectivity index (χ0n) is 11.1. The molecule has 0 saturated carbocycles. The van der Waals surface area contributed by atoms with Crippen LogP contribution in [0.15, 0.2) is 16.8 Å². The normalized spacial score (nSPS) is 13.9. The molecule has 0 spiro atoms. The van der Waals surface area contributed by atoms with Crippen molar-refractivity contribution in [3.63, 3.8) is 0 Å². The lowest BCUT2D eigenvalue weighted by Crippen LogP contribution is -2.18. The highest BCUT2D eigenvalue weighted by molar-refractivity contribution is 5.93. The van der Waals surface area contributed by atoms with Crippen molar-refractivity contribution >= 4 is 5.71 Å². The van der Waals surface area contributed by atoms with Crippen LogP contribution in [0.5, 0.6) is 0 Å². The first-order chi connectivity index (χ1) is 6.91. The fourth-order valence-corrected chi connectivity index (χ4v) is 1.10. The van der Waals surface area contributed by atoms with Gasteiger partial charge < -0.3 is 5.32 Å². The van der Waals surface area contributed by atoms with Gasteiger partial charge in [-0.05, 0) is 31.8 Å². The third-order valence-corrected chi connectivity index (χ3v) is 1.92. The average molecular weight is 210 g/mol. The van der Waals surface area contributed by atoms with Crippen LogP contribution in [0.25, 0.3) is 0 Å². The fourth-order valence-electron chi connectivity index (χ4n) is 1.10. The van der Waals surface area contributed by atoms with E-state index in [1.807, 2.05) is 0 Å². The summed E-state index contributed by atoms with van der Waals surface area (Å²) in [6.45, 7) is 14.9. The summed E-state index contributed by atoms with van der Waals surface area (Å²) in [6, 6.07) is 0. The topological polar surface area (TPSA) is 24.4 Å². The predicted octanol–water partition coefficient (Wildman–Crippen LogP) is 3.25.